The number of methoxy groups -OCH3 is 1. The van der Waals surface area contributed by atoms with Gasteiger partial charge in [0, 0.05) is 0 Å². The number of nitrogens with zero attached hydrogens (tertiary/aromatic N) is 1. The van der Waals surface area contributed by atoms with E-state index in [4.69, 9.17) is 0 Å². The average Bonchev–Trinajstić information content (AvgIpc) is 2.22. The second-order valence-corrected chi connectivity index (χ2v) is 3.56. The minimum absolute atomic E-state index is 0.357. The molecule has 0 aliphatic carbocycles. The van der Waals surface area contributed by atoms with E-state index >= 15 is 0 Å². The van der Waals surface area contributed by atoms with Gasteiger partial charge in [-0.2, -0.15) is 0 Å². The molecule has 0 radical (unpaired) electrons. The highest BCUT2D eigenvalue weighted by Crippen LogP contribution is 2.21. The van der Waals surface area contributed by atoms with Gasteiger partial charge in [0.15, 0.2) is 11.6 Å². The number of esters is 1. The number of halogens is 2. The number of rotatable bonds is 3. The summed E-state index contributed by atoms with van der Waals surface area (Å²) in [5.74, 6) is -2.43. The molecule has 1 aromatic rings. The summed E-state index contributed by atoms with van der Waals surface area (Å²) < 4.78 is 30.4. The van der Waals surface area contributed by atoms with Crippen LogP contribution in [-0.4, -0.2) is 32.1 Å². The number of likely N-dealkylation sites (N-methyl/N-ethyl adjacent to an activating group) is 1. The third-order valence-corrected chi connectivity index (χ3v) is 2.20. The Kier molecular flexibility index (Phi) is 3.95. The van der Waals surface area contributed by atoms with E-state index in [0.29, 0.717) is 5.56 Å². The van der Waals surface area contributed by atoms with Crippen LogP contribution >= 0.6 is 0 Å². The van der Waals surface area contributed by atoms with E-state index in [1.165, 1.54) is 13.2 Å². The van der Waals surface area contributed by atoms with E-state index in [9.17, 15) is 13.6 Å². The Bertz CT molecular complexity index is 394. The van der Waals surface area contributed by atoms with E-state index < -0.39 is 23.6 Å². The molecule has 0 bridgehead atoms. The van der Waals surface area contributed by atoms with Crippen molar-refractivity contribution >= 4 is 5.97 Å². The average molecular weight is 229 g/mol. The van der Waals surface area contributed by atoms with Gasteiger partial charge < -0.3 is 4.74 Å². The van der Waals surface area contributed by atoms with Crippen molar-refractivity contribution in [3.05, 3.63) is 35.4 Å². The molecule has 1 aromatic carbocycles. The van der Waals surface area contributed by atoms with Gasteiger partial charge in [-0.15, -0.1) is 0 Å². The van der Waals surface area contributed by atoms with Crippen molar-refractivity contribution in [3.8, 4) is 0 Å². The standard InChI is InChI=1S/C11H13F2NO2/c1-14(2)10(11(15)16-3)7-4-5-8(12)9(13)6-7/h4-6,10H,1-3H3. The van der Waals surface area contributed by atoms with Crippen LogP contribution < -0.4 is 0 Å². The molecule has 5 heteroatoms. The molecule has 88 valence electrons. The van der Waals surface area contributed by atoms with Crippen LogP contribution in [0.4, 0.5) is 8.78 Å². The van der Waals surface area contributed by atoms with Crippen LogP contribution in [0.1, 0.15) is 11.6 Å². The Morgan fingerprint density at radius 2 is 1.94 bits per heavy atom. The topological polar surface area (TPSA) is 29.5 Å². The molecule has 0 aliphatic rings. The maximum Gasteiger partial charge on any atom is 0.327 e. The molecule has 0 aliphatic heterocycles. The molecule has 0 spiro atoms. The minimum atomic E-state index is -0.978. The zero-order chi connectivity index (χ0) is 12.3. The zero-order valence-electron chi connectivity index (χ0n) is 9.33. The van der Waals surface area contributed by atoms with Crippen molar-refractivity contribution in [2.75, 3.05) is 21.2 Å². The van der Waals surface area contributed by atoms with E-state index in [1.807, 2.05) is 0 Å². The van der Waals surface area contributed by atoms with E-state index in [-0.39, 0.29) is 0 Å². The Balaban J connectivity index is 3.11. The lowest BCUT2D eigenvalue weighted by molar-refractivity contribution is -0.146. The van der Waals surface area contributed by atoms with Crippen molar-refractivity contribution in [1.29, 1.82) is 0 Å². The van der Waals surface area contributed by atoms with Crippen LogP contribution in [0.2, 0.25) is 0 Å². The highest BCUT2D eigenvalue weighted by atomic mass is 19.2. The molecule has 0 heterocycles. The largest absolute Gasteiger partial charge is 0.468 e. The monoisotopic (exact) mass is 229 g/mol. The highest BCUT2D eigenvalue weighted by molar-refractivity contribution is 5.77. The molecule has 0 amide bonds. The summed E-state index contributed by atoms with van der Waals surface area (Å²) in [6.45, 7) is 0. The summed E-state index contributed by atoms with van der Waals surface area (Å²) in [5, 5.41) is 0. The first-order valence-electron chi connectivity index (χ1n) is 4.66. The number of carbonyl (C=O) groups excluding carboxylic acids is 1. The van der Waals surface area contributed by atoms with Crippen molar-refractivity contribution in [3.63, 3.8) is 0 Å². The van der Waals surface area contributed by atoms with Gasteiger partial charge in [-0.3, -0.25) is 4.90 Å². The molecular formula is C11H13F2NO2. The fourth-order valence-electron chi connectivity index (χ4n) is 1.44. The molecule has 1 rings (SSSR count). The smallest absolute Gasteiger partial charge is 0.327 e. The van der Waals surface area contributed by atoms with Gasteiger partial charge in [-0.1, -0.05) is 6.07 Å². The Morgan fingerprint density at radius 1 is 1.31 bits per heavy atom. The summed E-state index contributed by atoms with van der Waals surface area (Å²) in [4.78, 5) is 13.0. The molecule has 0 N–H and O–H groups in total. The normalized spacial score (nSPS) is 12.6. The van der Waals surface area contributed by atoms with E-state index in [2.05, 4.69) is 4.74 Å². The lowest BCUT2D eigenvalue weighted by Gasteiger charge is -2.22. The molecular weight excluding hydrogens is 216 g/mol. The maximum atomic E-state index is 13.0. The zero-order valence-corrected chi connectivity index (χ0v) is 9.33. The predicted octanol–water partition coefficient (Wildman–Crippen LogP) is 1.74. The van der Waals surface area contributed by atoms with E-state index in [1.54, 1.807) is 19.0 Å². The SMILES string of the molecule is COC(=O)C(c1ccc(F)c(F)c1)N(C)C. The number of ether oxygens (including phenoxy) is 1. The first-order valence-corrected chi connectivity index (χ1v) is 4.66. The summed E-state index contributed by atoms with van der Waals surface area (Å²) in [6.07, 6.45) is 0. The lowest BCUT2D eigenvalue weighted by atomic mass is 10.1. The van der Waals surface area contributed by atoms with Crippen LogP contribution in [-0.2, 0) is 9.53 Å². The summed E-state index contributed by atoms with van der Waals surface area (Å²) >= 11 is 0. The fourth-order valence-corrected chi connectivity index (χ4v) is 1.44. The quantitative estimate of drug-likeness (QED) is 0.739. The van der Waals surface area contributed by atoms with Crippen molar-refractivity contribution < 1.29 is 18.3 Å². The van der Waals surface area contributed by atoms with Crippen LogP contribution in [0, 0.1) is 11.6 Å². The second-order valence-electron chi connectivity index (χ2n) is 3.56. The number of carbonyl (C=O) groups is 1. The van der Waals surface area contributed by atoms with Crippen LogP contribution in [0.5, 0.6) is 0 Å². The van der Waals surface area contributed by atoms with Gasteiger partial charge >= 0.3 is 5.97 Å². The minimum Gasteiger partial charge on any atom is -0.468 e. The third-order valence-electron chi connectivity index (χ3n) is 2.20. The molecule has 0 saturated carbocycles. The molecule has 0 fully saturated rings. The van der Waals surface area contributed by atoms with Gasteiger partial charge in [0.2, 0.25) is 0 Å². The summed E-state index contributed by atoms with van der Waals surface area (Å²) in [5.41, 5.74) is 0.357. The Labute approximate surface area is 92.6 Å². The molecule has 1 unspecified atom stereocenters. The van der Waals surface area contributed by atoms with Gasteiger partial charge in [-0.05, 0) is 31.8 Å². The van der Waals surface area contributed by atoms with Gasteiger partial charge in [0.25, 0.3) is 0 Å². The molecule has 16 heavy (non-hydrogen) atoms. The molecule has 0 saturated heterocycles. The third kappa shape index (κ3) is 2.55. The summed E-state index contributed by atoms with van der Waals surface area (Å²) in [7, 11) is 4.56. The first-order chi connectivity index (χ1) is 7.47. The molecule has 0 aromatic heterocycles. The van der Waals surface area contributed by atoms with Crippen LogP contribution in [0.15, 0.2) is 18.2 Å². The van der Waals surface area contributed by atoms with E-state index in [0.717, 1.165) is 12.1 Å². The van der Waals surface area contributed by atoms with Crippen LogP contribution in [0.3, 0.4) is 0 Å². The fraction of sp³-hybridized carbons (Fsp3) is 0.364. The molecule has 3 nitrogen and oxygen atoms in total. The lowest BCUT2D eigenvalue weighted by Crippen LogP contribution is -2.28. The Hall–Kier alpha value is -1.49. The summed E-state index contributed by atoms with van der Waals surface area (Å²) in [6, 6.07) is 2.61. The number of hydrogen-bond acceptors (Lipinski definition) is 3. The van der Waals surface area contributed by atoms with Gasteiger partial charge in [0.1, 0.15) is 6.04 Å². The molecule has 1 atom stereocenters. The van der Waals surface area contributed by atoms with Gasteiger partial charge in [-0.25, -0.2) is 13.6 Å². The first kappa shape index (κ1) is 12.6. The van der Waals surface area contributed by atoms with Crippen molar-refractivity contribution in [1.82, 2.24) is 4.90 Å². The Morgan fingerprint density at radius 3 is 2.38 bits per heavy atom. The van der Waals surface area contributed by atoms with Gasteiger partial charge in [0.05, 0.1) is 7.11 Å². The second kappa shape index (κ2) is 5.03. The predicted molar refractivity (Wildman–Crippen MR) is 54.8 cm³/mol. The number of benzene rings is 1. The van der Waals surface area contributed by atoms with Crippen molar-refractivity contribution in [2.24, 2.45) is 0 Å². The van der Waals surface area contributed by atoms with Crippen molar-refractivity contribution in [2.45, 2.75) is 6.04 Å². The highest BCUT2D eigenvalue weighted by Gasteiger charge is 2.24. The maximum absolute atomic E-state index is 13.0. The van der Waals surface area contributed by atoms with Crippen LogP contribution in [0.25, 0.3) is 0 Å². The number of hydrogen-bond donors (Lipinski definition) is 0.